The van der Waals surface area contributed by atoms with E-state index in [1.54, 1.807) is 24.3 Å². The van der Waals surface area contributed by atoms with Gasteiger partial charge >= 0.3 is 0 Å². The molecular weight excluding hydrogens is 300 g/mol. The number of rotatable bonds is 5. The summed E-state index contributed by atoms with van der Waals surface area (Å²) < 4.78 is 0. The topological polar surface area (TPSA) is 61.7 Å². The van der Waals surface area contributed by atoms with Crippen LogP contribution in [0.1, 0.15) is 23.1 Å². The molecule has 0 aliphatic rings. The molecule has 0 fully saturated rings. The quantitative estimate of drug-likeness (QED) is 0.655. The molecule has 4 nitrogen and oxygen atoms in total. The van der Waals surface area contributed by atoms with Gasteiger partial charge in [0.1, 0.15) is 5.75 Å². The fraction of sp³-hybridized carbons (Fsp3) is 0.176. The van der Waals surface area contributed by atoms with E-state index in [9.17, 15) is 9.90 Å². The predicted molar refractivity (Wildman–Crippen MR) is 88.4 cm³/mol. The van der Waals surface area contributed by atoms with Crippen LogP contribution >= 0.6 is 11.6 Å². The van der Waals surface area contributed by atoms with Gasteiger partial charge in [-0.3, -0.25) is 4.79 Å². The van der Waals surface area contributed by atoms with E-state index in [0.717, 1.165) is 11.1 Å². The number of phenols is 1. The first-order valence-electron chi connectivity index (χ1n) is 6.90. The van der Waals surface area contributed by atoms with Gasteiger partial charge in [-0.25, -0.2) is 5.43 Å². The molecule has 0 aliphatic carbocycles. The van der Waals surface area contributed by atoms with Gasteiger partial charge in [0.15, 0.2) is 0 Å². The van der Waals surface area contributed by atoms with Gasteiger partial charge in [0.05, 0.1) is 6.21 Å². The summed E-state index contributed by atoms with van der Waals surface area (Å²) in [6.07, 6.45) is 2.38. The van der Waals surface area contributed by atoms with Gasteiger partial charge in [0, 0.05) is 17.0 Å². The zero-order chi connectivity index (χ0) is 15.9. The number of aromatic hydroxyl groups is 1. The number of aryl methyl sites for hydroxylation is 2. The number of carbonyl (C=O) groups excluding carboxylic acids is 1. The van der Waals surface area contributed by atoms with E-state index >= 15 is 0 Å². The van der Waals surface area contributed by atoms with Crippen molar-refractivity contribution >= 4 is 23.7 Å². The van der Waals surface area contributed by atoms with Gasteiger partial charge in [0.25, 0.3) is 0 Å². The number of hydrogen-bond acceptors (Lipinski definition) is 3. The highest BCUT2D eigenvalue weighted by molar-refractivity contribution is 6.30. The number of benzene rings is 2. The first-order valence-corrected chi connectivity index (χ1v) is 7.28. The maximum atomic E-state index is 11.7. The molecule has 0 unspecified atom stereocenters. The molecule has 0 aromatic heterocycles. The number of halogens is 1. The number of carbonyl (C=O) groups is 1. The minimum absolute atomic E-state index is 0.138. The van der Waals surface area contributed by atoms with Gasteiger partial charge in [-0.05, 0) is 48.7 Å². The molecule has 0 saturated carbocycles. The molecule has 2 N–H and O–H groups in total. The normalized spacial score (nSPS) is 10.8. The molecule has 114 valence electrons. The first kappa shape index (κ1) is 16.0. The third-order valence-electron chi connectivity index (χ3n) is 3.13. The predicted octanol–water partition coefficient (Wildman–Crippen LogP) is 3.44. The Morgan fingerprint density at radius 1 is 1.27 bits per heavy atom. The Balaban J connectivity index is 1.82. The summed E-state index contributed by atoms with van der Waals surface area (Å²) in [7, 11) is 0. The van der Waals surface area contributed by atoms with E-state index in [4.69, 9.17) is 11.6 Å². The Hall–Kier alpha value is -2.33. The minimum Gasteiger partial charge on any atom is -0.507 e. The zero-order valence-corrected chi connectivity index (χ0v) is 13.0. The Kier molecular flexibility index (Phi) is 5.55. The lowest BCUT2D eigenvalue weighted by Gasteiger charge is -2.02. The van der Waals surface area contributed by atoms with E-state index in [2.05, 4.69) is 10.5 Å². The summed E-state index contributed by atoms with van der Waals surface area (Å²) in [6, 6.07) is 12.6. The number of hydrazone groups is 1. The van der Waals surface area contributed by atoms with Gasteiger partial charge < -0.3 is 5.11 Å². The van der Waals surface area contributed by atoms with Crippen molar-refractivity contribution in [1.29, 1.82) is 0 Å². The Labute approximate surface area is 134 Å². The smallest absolute Gasteiger partial charge is 0.240 e. The molecule has 5 heteroatoms. The van der Waals surface area contributed by atoms with E-state index in [-0.39, 0.29) is 11.7 Å². The molecule has 0 bridgehead atoms. The highest BCUT2D eigenvalue weighted by Crippen LogP contribution is 2.16. The number of phenolic OH excluding ortho intramolecular Hbond substituents is 1. The molecule has 2 aromatic carbocycles. The van der Waals surface area contributed by atoms with Crippen molar-refractivity contribution in [2.45, 2.75) is 19.8 Å². The van der Waals surface area contributed by atoms with Crippen molar-refractivity contribution in [2.75, 3.05) is 0 Å². The van der Waals surface area contributed by atoms with Crippen molar-refractivity contribution in [1.82, 2.24) is 5.43 Å². The first-order chi connectivity index (χ1) is 10.5. The lowest BCUT2D eigenvalue weighted by molar-refractivity contribution is -0.121. The highest BCUT2D eigenvalue weighted by atomic mass is 35.5. The maximum Gasteiger partial charge on any atom is 0.240 e. The van der Waals surface area contributed by atoms with Crippen molar-refractivity contribution in [3.05, 3.63) is 64.2 Å². The number of nitrogens with zero attached hydrogens (tertiary/aromatic N) is 1. The van der Waals surface area contributed by atoms with E-state index in [1.165, 1.54) is 6.21 Å². The van der Waals surface area contributed by atoms with Crippen molar-refractivity contribution < 1.29 is 9.90 Å². The SMILES string of the molecule is Cc1ccc(/C=N/NC(=O)CCc2ccc(Cl)cc2)c(O)c1. The standard InChI is InChI=1S/C17H17ClN2O2/c1-12-2-6-14(16(21)10-12)11-19-20-17(22)9-5-13-3-7-15(18)8-4-13/h2-4,6-8,10-11,21H,5,9H2,1H3,(H,20,22)/b19-11+. The summed E-state index contributed by atoms with van der Waals surface area (Å²) >= 11 is 5.80. The monoisotopic (exact) mass is 316 g/mol. The molecule has 0 aliphatic heterocycles. The van der Waals surface area contributed by atoms with E-state index in [1.807, 2.05) is 25.1 Å². The summed E-state index contributed by atoms with van der Waals surface area (Å²) in [4.78, 5) is 11.7. The van der Waals surface area contributed by atoms with Crippen LogP contribution in [0.2, 0.25) is 5.02 Å². The minimum atomic E-state index is -0.183. The molecule has 2 rings (SSSR count). The zero-order valence-electron chi connectivity index (χ0n) is 12.2. The Morgan fingerprint density at radius 3 is 2.68 bits per heavy atom. The number of amides is 1. The van der Waals surface area contributed by atoms with Crippen LogP contribution in [0.15, 0.2) is 47.6 Å². The molecule has 0 radical (unpaired) electrons. The molecular formula is C17H17ClN2O2. The van der Waals surface area contributed by atoms with Crippen molar-refractivity contribution in [3.63, 3.8) is 0 Å². The lowest BCUT2D eigenvalue weighted by Crippen LogP contribution is -2.17. The van der Waals surface area contributed by atoms with Crippen LogP contribution in [0.5, 0.6) is 5.75 Å². The second-order valence-electron chi connectivity index (χ2n) is 4.98. The maximum absolute atomic E-state index is 11.7. The second kappa shape index (κ2) is 7.61. The largest absolute Gasteiger partial charge is 0.507 e. The number of hydrogen-bond donors (Lipinski definition) is 2. The molecule has 22 heavy (non-hydrogen) atoms. The summed E-state index contributed by atoms with van der Waals surface area (Å²) in [5.74, 6) is -0.0445. The second-order valence-corrected chi connectivity index (χ2v) is 5.42. The molecule has 1 amide bonds. The van der Waals surface area contributed by atoms with Crippen LogP contribution in [0.4, 0.5) is 0 Å². The molecule has 0 saturated heterocycles. The molecule has 0 spiro atoms. The van der Waals surface area contributed by atoms with Crippen LogP contribution in [-0.2, 0) is 11.2 Å². The number of nitrogens with one attached hydrogen (secondary N) is 1. The van der Waals surface area contributed by atoms with Gasteiger partial charge in [-0.15, -0.1) is 0 Å². The van der Waals surface area contributed by atoms with Crippen LogP contribution < -0.4 is 5.43 Å². The fourth-order valence-corrected chi connectivity index (χ4v) is 2.03. The van der Waals surface area contributed by atoms with E-state index < -0.39 is 0 Å². The van der Waals surface area contributed by atoms with Gasteiger partial charge in [0.2, 0.25) is 5.91 Å². The van der Waals surface area contributed by atoms with Crippen molar-refractivity contribution in [3.8, 4) is 5.75 Å². The average molecular weight is 317 g/mol. The Morgan fingerprint density at radius 2 is 2.00 bits per heavy atom. The van der Waals surface area contributed by atoms with Gasteiger partial charge in [-0.2, -0.15) is 5.10 Å². The highest BCUT2D eigenvalue weighted by Gasteiger charge is 2.02. The van der Waals surface area contributed by atoms with Crippen molar-refractivity contribution in [2.24, 2.45) is 5.10 Å². The molecule has 0 heterocycles. The summed E-state index contributed by atoms with van der Waals surface area (Å²) in [6.45, 7) is 1.89. The summed E-state index contributed by atoms with van der Waals surface area (Å²) in [5.41, 5.74) is 5.01. The molecule has 2 aromatic rings. The van der Waals surface area contributed by atoms with E-state index in [0.29, 0.717) is 23.4 Å². The third-order valence-corrected chi connectivity index (χ3v) is 3.38. The lowest BCUT2D eigenvalue weighted by atomic mass is 10.1. The van der Waals surface area contributed by atoms with Gasteiger partial charge in [-0.1, -0.05) is 29.8 Å². The van der Waals surface area contributed by atoms with Crippen LogP contribution in [0.3, 0.4) is 0 Å². The summed E-state index contributed by atoms with van der Waals surface area (Å²) in [5, 5.41) is 14.2. The fourth-order valence-electron chi connectivity index (χ4n) is 1.90. The van der Waals surface area contributed by atoms with Crippen LogP contribution in [-0.4, -0.2) is 17.2 Å². The average Bonchev–Trinajstić information content (AvgIpc) is 2.49. The van der Waals surface area contributed by atoms with Crippen LogP contribution in [0.25, 0.3) is 0 Å². The Bertz CT molecular complexity index is 682. The van der Waals surface area contributed by atoms with Crippen LogP contribution in [0, 0.1) is 6.92 Å². The third kappa shape index (κ3) is 4.90. The molecule has 0 atom stereocenters.